The van der Waals surface area contributed by atoms with Gasteiger partial charge < -0.3 is 14.3 Å². The lowest BCUT2D eigenvalue weighted by molar-refractivity contribution is 0.0939. The van der Waals surface area contributed by atoms with E-state index in [0.29, 0.717) is 11.3 Å². The highest BCUT2D eigenvalue weighted by molar-refractivity contribution is 6.07. The maximum absolute atomic E-state index is 13.1. The Morgan fingerprint density at radius 1 is 1.27 bits per heavy atom. The fraction of sp³-hybridized carbons (Fsp3) is 0.300. The van der Waals surface area contributed by atoms with Crippen molar-refractivity contribution >= 4 is 16.9 Å². The van der Waals surface area contributed by atoms with Crippen LogP contribution in [0.3, 0.4) is 0 Å². The molecular weight excluding hydrogens is 335 g/mol. The van der Waals surface area contributed by atoms with Crippen molar-refractivity contribution in [3.8, 4) is 0 Å². The Morgan fingerprint density at radius 3 is 2.62 bits per heavy atom. The molecule has 0 radical (unpaired) electrons. The van der Waals surface area contributed by atoms with E-state index in [1.165, 1.54) is 16.7 Å². The van der Waals surface area contributed by atoms with Crippen LogP contribution in [-0.4, -0.2) is 16.5 Å². The summed E-state index contributed by atoms with van der Waals surface area (Å²) in [6, 6.07) is 7.63. The summed E-state index contributed by atoms with van der Waals surface area (Å²) < 4.78 is 20.2. The molecule has 1 atom stereocenters. The van der Waals surface area contributed by atoms with E-state index in [1.807, 2.05) is 13.8 Å². The first-order valence-corrected chi connectivity index (χ1v) is 8.58. The fourth-order valence-electron chi connectivity index (χ4n) is 2.85. The molecule has 0 spiro atoms. The average molecular weight is 356 g/mol. The average Bonchev–Trinajstić information content (AvgIpc) is 2.96. The third-order valence-corrected chi connectivity index (χ3v) is 4.48. The Hall–Kier alpha value is -2.89. The molecule has 0 bridgehead atoms. The first kappa shape index (κ1) is 17.9. The van der Waals surface area contributed by atoms with Crippen LogP contribution in [0.4, 0.5) is 4.39 Å². The first-order chi connectivity index (χ1) is 12.4. The van der Waals surface area contributed by atoms with E-state index >= 15 is 0 Å². The molecule has 2 aromatic heterocycles. The van der Waals surface area contributed by atoms with Crippen molar-refractivity contribution < 1.29 is 13.6 Å². The molecule has 3 rings (SSSR count). The minimum Gasteiger partial charge on any atom is -0.460 e. The Morgan fingerprint density at radius 2 is 1.96 bits per heavy atom. The summed E-state index contributed by atoms with van der Waals surface area (Å²) in [7, 11) is 0. The molecule has 6 heteroatoms. The molecule has 0 aliphatic rings. The predicted octanol–water partition coefficient (Wildman–Crippen LogP) is 3.62. The van der Waals surface area contributed by atoms with E-state index in [0.717, 1.165) is 12.0 Å². The number of carbonyl (C=O) groups is 1. The van der Waals surface area contributed by atoms with Gasteiger partial charge in [0.2, 0.25) is 0 Å². The summed E-state index contributed by atoms with van der Waals surface area (Å²) in [4.78, 5) is 25.6. The highest BCUT2D eigenvalue weighted by Gasteiger charge is 2.22. The number of nitrogens with zero attached hydrogens (tertiary/aromatic N) is 1. The lowest BCUT2D eigenvalue weighted by atomic mass is 10.1. The van der Waals surface area contributed by atoms with Gasteiger partial charge in [-0.2, -0.15) is 0 Å². The molecule has 5 nitrogen and oxygen atoms in total. The summed E-state index contributed by atoms with van der Waals surface area (Å²) >= 11 is 0. The zero-order chi connectivity index (χ0) is 18.8. The quantitative estimate of drug-likeness (QED) is 0.759. The summed E-state index contributed by atoms with van der Waals surface area (Å²) in [6.07, 6.45) is 2.41. The van der Waals surface area contributed by atoms with Gasteiger partial charge in [0, 0.05) is 12.2 Å². The van der Waals surface area contributed by atoms with Gasteiger partial charge in [-0.05, 0) is 44.0 Å². The van der Waals surface area contributed by atoms with Crippen molar-refractivity contribution in [2.75, 3.05) is 0 Å². The number of hydrogen-bond acceptors (Lipinski definition) is 3. The van der Waals surface area contributed by atoms with E-state index in [-0.39, 0.29) is 40.8 Å². The normalized spacial score (nSPS) is 12.3. The van der Waals surface area contributed by atoms with Gasteiger partial charge in [0.05, 0.1) is 17.5 Å². The molecule has 1 unspecified atom stereocenters. The van der Waals surface area contributed by atoms with Gasteiger partial charge >= 0.3 is 0 Å². The number of pyridine rings is 1. The summed E-state index contributed by atoms with van der Waals surface area (Å²) in [5.74, 6) is -0.226. The van der Waals surface area contributed by atoms with Crippen LogP contribution in [0.25, 0.3) is 11.0 Å². The van der Waals surface area contributed by atoms with Gasteiger partial charge in [0.15, 0.2) is 0 Å². The van der Waals surface area contributed by atoms with Crippen molar-refractivity contribution in [1.82, 2.24) is 9.88 Å². The number of amides is 1. The zero-order valence-electron chi connectivity index (χ0n) is 15.0. The lowest BCUT2D eigenvalue weighted by Gasteiger charge is -2.11. The topological polar surface area (TPSA) is 64.2 Å². The van der Waals surface area contributed by atoms with Gasteiger partial charge in [-0.25, -0.2) is 4.39 Å². The van der Waals surface area contributed by atoms with Crippen molar-refractivity contribution in [2.45, 2.75) is 39.8 Å². The molecule has 0 saturated heterocycles. The Balaban J connectivity index is 2.04. The summed E-state index contributed by atoms with van der Waals surface area (Å²) in [6.45, 7) is 5.84. The number of furan rings is 1. The maximum Gasteiger partial charge on any atom is 0.262 e. The van der Waals surface area contributed by atoms with Crippen LogP contribution in [0.2, 0.25) is 0 Å². The third kappa shape index (κ3) is 3.40. The van der Waals surface area contributed by atoms with E-state index < -0.39 is 0 Å². The third-order valence-electron chi connectivity index (χ3n) is 4.48. The highest BCUT2D eigenvalue weighted by Crippen LogP contribution is 2.23. The second-order valence-corrected chi connectivity index (χ2v) is 6.43. The van der Waals surface area contributed by atoms with Gasteiger partial charge in [-0.1, -0.05) is 19.1 Å². The lowest BCUT2D eigenvalue weighted by Crippen LogP contribution is -2.33. The number of carbonyl (C=O) groups excluding carboxylic acids is 1. The van der Waals surface area contributed by atoms with Crippen LogP contribution in [0.1, 0.15) is 41.9 Å². The predicted molar refractivity (Wildman–Crippen MR) is 97.9 cm³/mol. The molecule has 0 aliphatic heterocycles. The minimum atomic E-state index is -0.328. The molecule has 0 fully saturated rings. The molecule has 1 N–H and O–H groups in total. The molecule has 0 saturated carbocycles. The first-order valence-electron chi connectivity index (χ1n) is 8.58. The second kappa shape index (κ2) is 7.15. The molecule has 0 aliphatic carbocycles. The molecule has 136 valence electrons. The number of aryl methyl sites for hydroxylation is 1. The van der Waals surface area contributed by atoms with Crippen molar-refractivity contribution in [3.63, 3.8) is 0 Å². The number of fused-ring (bicyclic) bond motifs is 1. The second-order valence-electron chi connectivity index (χ2n) is 6.43. The van der Waals surface area contributed by atoms with Crippen molar-refractivity contribution in [3.05, 3.63) is 69.6 Å². The van der Waals surface area contributed by atoms with E-state index in [2.05, 4.69) is 5.32 Å². The van der Waals surface area contributed by atoms with Crippen LogP contribution in [0.15, 0.2) is 45.7 Å². The van der Waals surface area contributed by atoms with Crippen LogP contribution in [0, 0.1) is 12.7 Å². The minimum absolute atomic E-state index is 0.00278. The smallest absolute Gasteiger partial charge is 0.262 e. The number of hydrogen-bond donors (Lipinski definition) is 1. The van der Waals surface area contributed by atoms with Crippen LogP contribution < -0.4 is 10.9 Å². The highest BCUT2D eigenvalue weighted by atomic mass is 19.1. The van der Waals surface area contributed by atoms with Crippen LogP contribution in [0.5, 0.6) is 0 Å². The van der Waals surface area contributed by atoms with E-state index in [4.69, 9.17) is 4.42 Å². The Bertz CT molecular complexity index is 1000. The van der Waals surface area contributed by atoms with Crippen molar-refractivity contribution in [1.29, 1.82) is 0 Å². The molecule has 3 aromatic rings. The maximum atomic E-state index is 13.1. The summed E-state index contributed by atoms with van der Waals surface area (Å²) in [5.41, 5.74) is 1.15. The van der Waals surface area contributed by atoms with Gasteiger partial charge in [-0.3, -0.25) is 9.59 Å². The van der Waals surface area contributed by atoms with Crippen LogP contribution >= 0.6 is 0 Å². The summed E-state index contributed by atoms with van der Waals surface area (Å²) in [5, 5.41) is 3.15. The Labute approximate surface area is 150 Å². The number of halogens is 1. The zero-order valence-corrected chi connectivity index (χ0v) is 15.0. The molecular formula is C20H21FN2O3. The number of benzene rings is 1. The van der Waals surface area contributed by atoms with Gasteiger partial charge in [0.25, 0.3) is 11.5 Å². The fourth-order valence-corrected chi connectivity index (χ4v) is 2.85. The van der Waals surface area contributed by atoms with Crippen molar-refractivity contribution in [2.24, 2.45) is 0 Å². The number of rotatable bonds is 5. The van der Waals surface area contributed by atoms with Crippen LogP contribution in [-0.2, 0) is 6.54 Å². The number of nitrogens with one attached hydrogen (secondary N) is 1. The number of aromatic nitrogens is 1. The molecule has 1 amide bonds. The SMILES string of the molecule is CCC(C)NC(=O)c1c(C)oc2ccn(Cc3ccc(F)cc3)c(=O)c12. The largest absolute Gasteiger partial charge is 0.460 e. The Kier molecular flexibility index (Phi) is 4.93. The standard InChI is InChI=1S/C20H21FN2O3/c1-4-12(2)22-19(24)17-13(3)26-16-9-10-23(20(25)18(16)17)11-14-5-7-15(21)8-6-14/h5-10,12H,4,11H2,1-3H3,(H,22,24). The molecule has 26 heavy (non-hydrogen) atoms. The van der Waals surface area contributed by atoms with E-state index in [9.17, 15) is 14.0 Å². The monoisotopic (exact) mass is 356 g/mol. The molecule has 1 aromatic carbocycles. The van der Waals surface area contributed by atoms with E-state index in [1.54, 1.807) is 31.3 Å². The van der Waals surface area contributed by atoms with Gasteiger partial charge in [0.1, 0.15) is 17.2 Å². The molecule has 2 heterocycles. The van der Waals surface area contributed by atoms with Gasteiger partial charge in [-0.15, -0.1) is 0 Å².